The van der Waals surface area contributed by atoms with Crippen LogP contribution in [0.2, 0.25) is 0 Å². The zero-order chi connectivity index (χ0) is 17.8. The summed E-state index contributed by atoms with van der Waals surface area (Å²) in [6, 6.07) is 0. The van der Waals surface area contributed by atoms with Crippen molar-refractivity contribution < 1.29 is 9.90 Å². The van der Waals surface area contributed by atoms with Crippen molar-refractivity contribution in [2.45, 2.75) is 38.3 Å². The lowest BCUT2D eigenvalue weighted by atomic mass is 10.0. The van der Waals surface area contributed by atoms with E-state index in [0.29, 0.717) is 6.54 Å². The third-order valence-electron chi connectivity index (χ3n) is 4.91. The number of aliphatic imine (C=N–C) groups is 1. The molecule has 0 saturated carbocycles. The van der Waals surface area contributed by atoms with Gasteiger partial charge in [-0.15, -0.1) is 0 Å². The topological polar surface area (TPSA) is 94.2 Å². The van der Waals surface area contributed by atoms with E-state index < -0.39 is 11.1 Å². The molecular formula is C16H31N5O2S. The van der Waals surface area contributed by atoms with Crippen LogP contribution < -0.4 is 11.1 Å². The predicted octanol–water partition coefficient (Wildman–Crippen LogP) is -0.299. The van der Waals surface area contributed by atoms with Crippen molar-refractivity contribution in [1.29, 1.82) is 0 Å². The highest BCUT2D eigenvalue weighted by Crippen LogP contribution is 2.28. The Bertz CT molecular complexity index is 469. The molecule has 0 aromatic carbocycles. The number of nitrogens with two attached hydrogens (primary N) is 1. The largest absolute Gasteiger partial charge is 0.387 e. The molecule has 0 aliphatic carbocycles. The van der Waals surface area contributed by atoms with Gasteiger partial charge in [0.05, 0.1) is 17.7 Å². The first-order chi connectivity index (χ1) is 11.3. The monoisotopic (exact) mass is 357 g/mol. The summed E-state index contributed by atoms with van der Waals surface area (Å²) >= 11 is 1.78. The number of thioether (sulfide) groups is 1. The number of carbonyl (C=O) groups is 1. The fourth-order valence-electron chi connectivity index (χ4n) is 3.00. The molecule has 0 bridgehead atoms. The number of guanidine groups is 1. The van der Waals surface area contributed by atoms with Crippen molar-refractivity contribution in [3.8, 4) is 0 Å². The van der Waals surface area contributed by atoms with E-state index in [1.807, 2.05) is 20.8 Å². The Hall–Kier alpha value is -0.990. The van der Waals surface area contributed by atoms with Crippen LogP contribution in [0.5, 0.6) is 0 Å². The van der Waals surface area contributed by atoms with Gasteiger partial charge in [0, 0.05) is 38.5 Å². The Morgan fingerprint density at radius 3 is 2.54 bits per heavy atom. The summed E-state index contributed by atoms with van der Waals surface area (Å²) in [7, 11) is 0. The van der Waals surface area contributed by atoms with Crippen molar-refractivity contribution in [1.82, 2.24) is 15.1 Å². The van der Waals surface area contributed by atoms with E-state index in [1.54, 1.807) is 11.8 Å². The molecule has 8 heteroatoms. The molecule has 2 fully saturated rings. The second-order valence-corrected chi connectivity index (χ2v) is 8.20. The standard InChI is InChI=1S/C16H31N5O2S/c1-4-18-14(19-11-16(23)5-10-24-12-16)20-6-8-21(9-7-20)15(2,3)13(17)22/h23H,4-12H2,1-3H3,(H2,17,22)(H,18,19). The molecule has 7 nitrogen and oxygen atoms in total. The fourth-order valence-corrected chi connectivity index (χ4v) is 4.29. The Morgan fingerprint density at radius 1 is 1.38 bits per heavy atom. The Balaban J connectivity index is 1.96. The lowest BCUT2D eigenvalue weighted by Gasteiger charge is -2.43. The van der Waals surface area contributed by atoms with Gasteiger partial charge in [0.25, 0.3) is 0 Å². The second-order valence-electron chi connectivity index (χ2n) is 7.09. The van der Waals surface area contributed by atoms with Crippen molar-refractivity contribution in [2.24, 2.45) is 10.7 Å². The minimum Gasteiger partial charge on any atom is -0.387 e. The molecule has 0 aromatic heterocycles. The highest BCUT2D eigenvalue weighted by molar-refractivity contribution is 7.99. The smallest absolute Gasteiger partial charge is 0.237 e. The number of primary amides is 1. The van der Waals surface area contributed by atoms with Crippen LogP contribution in [0, 0.1) is 0 Å². The van der Waals surface area contributed by atoms with Crippen LogP contribution >= 0.6 is 11.8 Å². The molecule has 0 spiro atoms. The number of hydrogen-bond donors (Lipinski definition) is 3. The summed E-state index contributed by atoms with van der Waals surface area (Å²) in [6.45, 7) is 10.1. The van der Waals surface area contributed by atoms with Gasteiger partial charge in [0.2, 0.25) is 5.91 Å². The van der Waals surface area contributed by atoms with Crippen molar-refractivity contribution in [3.63, 3.8) is 0 Å². The van der Waals surface area contributed by atoms with Gasteiger partial charge >= 0.3 is 0 Å². The maximum absolute atomic E-state index is 11.6. The average molecular weight is 358 g/mol. The summed E-state index contributed by atoms with van der Waals surface area (Å²) in [5, 5.41) is 13.8. The molecule has 24 heavy (non-hydrogen) atoms. The Labute approximate surface area is 149 Å². The molecule has 2 aliphatic heterocycles. The zero-order valence-electron chi connectivity index (χ0n) is 15.0. The van der Waals surface area contributed by atoms with Crippen molar-refractivity contribution in [2.75, 3.05) is 50.8 Å². The van der Waals surface area contributed by atoms with Gasteiger partial charge in [-0.1, -0.05) is 0 Å². The zero-order valence-corrected chi connectivity index (χ0v) is 15.9. The van der Waals surface area contributed by atoms with Crippen molar-refractivity contribution >= 4 is 23.6 Å². The third kappa shape index (κ3) is 4.55. The molecule has 4 N–H and O–H groups in total. The molecule has 1 amide bonds. The summed E-state index contributed by atoms with van der Waals surface area (Å²) in [6.07, 6.45) is 0.807. The molecule has 138 valence electrons. The highest BCUT2D eigenvalue weighted by atomic mass is 32.2. The fraction of sp³-hybridized carbons (Fsp3) is 0.875. The van der Waals surface area contributed by atoms with Crippen LogP contribution in [-0.4, -0.2) is 88.7 Å². The van der Waals surface area contributed by atoms with Gasteiger partial charge < -0.3 is 21.1 Å². The molecule has 0 aromatic rings. The van der Waals surface area contributed by atoms with E-state index in [1.165, 1.54) is 0 Å². The second kappa shape index (κ2) is 7.93. The van der Waals surface area contributed by atoms with E-state index in [-0.39, 0.29) is 5.91 Å². The maximum Gasteiger partial charge on any atom is 0.237 e. The molecule has 2 rings (SSSR count). The van der Waals surface area contributed by atoms with E-state index in [2.05, 4.69) is 20.1 Å². The molecular weight excluding hydrogens is 326 g/mol. The van der Waals surface area contributed by atoms with Crippen LogP contribution in [0.4, 0.5) is 0 Å². The van der Waals surface area contributed by atoms with E-state index in [9.17, 15) is 9.90 Å². The Kier molecular flexibility index (Phi) is 6.39. The van der Waals surface area contributed by atoms with Gasteiger partial charge in [0.1, 0.15) is 0 Å². The predicted molar refractivity (Wildman–Crippen MR) is 99.3 cm³/mol. The van der Waals surface area contributed by atoms with Crippen LogP contribution in [0.25, 0.3) is 0 Å². The van der Waals surface area contributed by atoms with Crippen LogP contribution in [0.15, 0.2) is 4.99 Å². The van der Waals surface area contributed by atoms with Gasteiger partial charge in [0.15, 0.2) is 5.96 Å². The van der Waals surface area contributed by atoms with Crippen LogP contribution in [0.3, 0.4) is 0 Å². The van der Waals surface area contributed by atoms with Crippen molar-refractivity contribution in [3.05, 3.63) is 0 Å². The van der Waals surface area contributed by atoms with Gasteiger partial charge in [-0.05, 0) is 32.9 Å². The quantitative estimate of drug-likeness (QED) is 0.462. The number of carbonyl (C=O) groups excluding carboxylic acids is 1. The van der Waals surface area contributed by atoms with E-state index in [4.69, 9.17) is 5.73 Å². The molecule has 2 heterocycles. The van der Waals surface area contributed by atoms with Gasteiger partial charge in [-0.25, -0.2) is 0 Å². The minimum absolute atomic E-state index is 0.294. The first-order valence-corrected chi connectivity index (χ1v) is 9.82. The average Bonchev–Trinajstić information content (AvgIpc) is 2.98. The summed E-state index contributed by atoms with van der Waals surface area (Å²) in [4.78, 5) is 20.6. The number of rotatable bonds is 5. The molecule has 0 radical (unpaired) electrons. The summed E-state index contributed by atoms with van der Waals surface area (Å²) in [5.74, 6) is 2.32. The first-order valence-electron chi connectivity index (χ1n) is 8.67. The molecule has 1 atom stereocenters. The first kappa shape index (κ1) is 19.3. The highest BCUT2D eigenvalue weighted by Gasteiger charge is 2.36. The lowest BCUT2D eigenvalue weighted by molar-refractivity contribution is -0.129. The number of piperazine rings is 1. The number of aliphatic hydroxyl groups is 1. The molecule has 1 unspecified atom stereocenters. The summed E-state index contributed by atoms with van der Waals surface area (Å²) in [5.41, 5.74) is 4.22. The van der Waals surface area contributed by atoms with E-state index >= 15 is 0 Å². The molecule has 2 saturated heterocycles. The number of nitrogens with zero attached hydrogens (tertiary/aromatic N) is 3. The summed E-state index contributed by atoms with van der Waals surface area (Å²) < 4.78 is 0. The SMILES string of the molecule is CCNC(=NCC1(O)CCSC1)N1CCN(C(C)(C)C(N)=O)CC1. The normalized spacial score (nSPS) is 26.7. The maximum atomic E-state index is 11.6. The van der Waals surface area contributed by atoms with Crippen LogP contribution in [0.1, 0.15) is 27.2 Å². The van der Waals surface area contributed by atoms with Crippen LogP contribution in [-0.2, 0) is 4.79 Å². The lowest BCUT2D eigenvalue weighted by Crippen LogP contribution is -2.61. The van der Waals surface area contributed by atoms with Gasteiger partial charge in [-0.2, -0.15) is 11.8 Å². The minimum atomic E-state index is -0.666. The Morgan fingerprint density at radius 2 is 2.04 bits per heavy atom. The number of hydrogen-bond acceptors (Lipinski definition) is 5. The number of amides is 1. The van der Waals surface area contributed by atoms with E-state index in [0.717, 1.165) is 56.6 Å². The molecule has 2 aliphatic rings. The van der Waals surface area contributed by atoms with Gasteiger partial charge in [-0.3, -0.25) is 14.7 Å². The third-order valence-corrected chi connectivity index (χ3v) is 6.15. The number of nitrogens with one attached hydrogen (secondary N) is 1.